The predicted octanol–water partition coefficient (Wildman–Crippen LogP) is 3.54. The fourth-order valence-electron chi connectivity index (χ4n) is 3.15. The van der Waals surface area contributed by atoms with Gasteiger partial charge in [0.1, 0.15) is 11.7 Å². The van der Waals surface area contributed by atoms with Crippen LogP contribution in [0.15, 0.2) is 53.3 Å². The van der Waals surface area contributed by atoms with Crippen molar-refractivity contribution in [2.45, 2.75) is 33.7 Å². The van der Waals surface area contributed by atoms with E-state index in [1.54, 1.807) is 23.3 Å². The van der Waals surface area contributed by atoms with Crippen LogP contribution in [0, 0.1) is 20.8 Å². The SMILES string of the molecule is Cc1cccc(NC(C)C(=O)Nc2c(C)n(C)n(-c3ccccc3)c2=O)c1C. The topological polar surface area (TPSA) is 68.1 Å². The molecule has 0 aliphatic heterocycles. The lowest BCUT2D eigenvalue weighted by Crippen LogP contribution is -2.34. The molecular weight excluding hydrogens is 352 g/mol. The van der Waals surface area contributed by atoms with Gasteiger partial charge in [-0.15, -0.1) is 0 Å². The molecule has 1 aromatic heterocycles. The van der Waals surface area contributed by atoms with E-state index in [0.29, 0.717) is 11.4 Å². The van der Waals surface area contributed by atoms with Gasteiger partial charge in [-0.25, -0.2) is 4.68 Å². The lowest BCUT2D eigenvalue weighted by Gasteiger charge is -2.17. The van der Waals surface area contributed by atoms with Crippen molar-refractivity contribution in [2.75, 3.05) is 10.6 Å². The number of hydrogen-bond acceptors (Lipinski definition) is 3. The average molecular weight is 378 g/mol. The molecular formula is C22H26N4O2. The zero-order valence-corrected chi connectivity index (χ0v) is 16.9. The molecule has 3 aromatic rings. The first-order valence-corrected chi connectivity index (χ1v) is 9.29. The van der Waals surface area contributed by atoms with Gasteiger partial charge in [-0.05, 0) is 57.0 Å². The summed E-state index contributed by atoms with van der Waals surface area (Å²) in [6, 6.07) is 14.8. The van der Waals surface area contributed by atoms with Crippen molar-refractivity contribution in [2.24, 2.45) is 7.05 Å². The molecule has 0 saturated carbocycles. The minimum atomic E-state index is -0.496. The Bertz CT molecular complexity index is 1060. The van der Waals surface area contributed by atoms with E-state index in [-0.39, 0.29) is 11.5 Å². The molecule has 0 aliphatic carbocycles. The van der Waals surface area contributed by atoms with Crippen molar-refractivity contribution in [1.29, 1.82) is 0 Å². The molecule has 0 fully saturated rings. The van der Waals surface area contributed by atoms with Crippen molar-refractivity contribution < 1.29 is 4.79 Å². The molecule has 0 radical (unpaired) electrons. The van der Waals surface area contributed by atoms with E-state index >= 15 is 0 Å². The Hall–Kier alpha value is -3.28. The molecule has 1 atom stereocenters. The van der Waals surface area contributed by atoms with E-state index in [4.69, 9.17) is 0 Å². The molecule has 0 spiro atoms. The Morgan fingerprint density at radius 3 is 2.36 bits per heavy atom. The highest BCUT2D eigenvalue weighted by atomic mass is 16.2. The zero-order chi connectivity index (χ0) is 20.4. The molecule has 2 N–H and O–H groups in total. The fourth-order valence-corrected chi connectivity index (χ4v) is 3.15. The Morgan fingerprint density at radius 1 is 1.00 bits per heavy atom. The maximum absolute atomic E-state index is 12.9. The van der Waals surface area contributed by atoms with Gasteiger partial charge in [-0.3, -0.25) is 14.3 Å². The molecule has 0 bridgehead atoms. The standard InChI is InChI=1S/C22H26N4O2/c1-14-10-9-13-19(15(14)2)23-16(3)21(27)24-20-17(4)25(5)26(22(20)28)18-11-7-6-8-12-18/h6-13,16,23H,1-5H3,(H,24,27). The van der Waals surface area contributed by atoms with Crippen LogP contribution in [0.1, 0.15) is 23.7 Å². The molecule has 146 valence electrons. The number of nitrogens with one attached hydrogen (secondary N) is 2. The average Bonchev–Trinajstić information content (AvgIpc) is 2.89. The van der Waals surface area contributed by atoms with E-state index < -0.39 is 6.04 Å². The van der Waals surface area contributed by atoms with Gasteiger partial charge in [0.15, 0.2) is 0 Å². The number of para-hydroxylation sites is 1. The summed E-state index contributed by atoms with van der Waals surface area (Å²) in [5.41, 5.74) is 4.66. The van der Waals surface area contributed by atoms with Gasteiger partial charge >= 0.3 is 0 Å². The summed E-state index contributed by atoms with van der Waals surface area (Å²) >= 11 is 0. The van der Waals surface area contributed by atoms with Gasteiger partial charge in [-0.2, -0.15) is 0 Å². The summed E-state index contributed by atoms with van der Waals surface area (Å²) in [4.78, 5) is 25.7. The van der Waals surface area contributed by atoms with Crippen LogP contribution in [0.25, 0.3) is 5.69 Å². The number of benzene rings is 2. The van der Waals surface area contributed by atoms with Gasteiger partial charge in [0, 0.05) is 12.7 Å². The van der Waals surface area contributed by atoms with Crippen molar-refractivity contribution in [3.8, 4) is 5.69 Å². The normalized spacial score (nSPS) is 11.9. The van der Waals surface area contributed by atoms with E-state index in [2.05, 4.69) is 10.6 Å². The Labute approximate surface area is 164 Å². The first-order chi connectivity index (χ1) is 13.3. The lowest BCUT2D eigenvalue weighted by molar-refractivity contribution is -0.116. The smallest absolute Gasteiger partial charge is 0.295 e. The molecule has 0 saturated heterocycles. The number of aromatic nitrogens is 2. The first-order valence-electron chi connectivity index (χ1n) is 9.29. The van der Waals surface area contributed by atoms with Crippen LogP contribution < -0.4 is 16.2 Å². The highest BCUT2D eigenvalue weighted by Gasteiger charge is 2.21. The minimum absolute atomic E-state index is 0.251. The van der Waals surface area contributed by atoms with E-state index in [1.165, 1.54) is 0 Å². The van der Waals surface area contributed by atoms with Crippen LogP contribution in [0.3, 0.4) is 0 Å². The lowest BCUT2D eigenvalue weighted by atomic mass is 10.1. The first kappa shape index (κ1) is 19.5. The van der Waals surface area contributed by atoms with Gasteiger partial charge in [0.05, 0.1) is 11.4 Å². The van der Waals surface area contributed by atoms with Crippen LogP contribution in [0.2, 0.25) is 0 Å². The van der Waals surface area contributed by atoms with Crippen LogP contribution in [0.4, 0.5) is 11.4 Å². The summed E-state index contributed by atoms with van der Waals surface area (Å²) < 4.78 is 3.30. The minimum Gasteiger partial charge on any atom is -0.374 e. The maximum Gasteiger partial charge on any atom is 0.295 e. The Kier molecular flexibility index (Phi) is 5.40. The Morgan fingerprint density at radius 2 is 1.68 bits per heavy atom. The van der Waals surface area contributed by atoms with E-state index in [0.717, 1.165) is 22.5 Å². The summed E-state index contributed by atoms with van der Waals surface area (Å²) in [7, 11) is 1.80. The molecule has 6 nitrogen and oxygen atoms in total. The number of anilines is 2. The quantitative estimate of drug-likeness (QED) is 0.714. The van der Waals surface area contributed by atoms with E-state index in [1.807, 2.05) is 69.3 Å². The molecule has 6 heteroatoms. The molecule has 1 amide bonds. The third-order valence-corrected chi connectivity index (χ3v) is 5.17. The summed E-state index contributed by atoms with van der Waals surface area (Å²) in [6.45, 7) is 7.65. The number of amides is 1. The third kappa shape index (κ3) is 3.58. The van der Waals surface area contributed by atoms with Crippen LogP contribution in [-0.4, -0.2) is 21.3 Å². The predicted molar refractivity (Wildman–Crippen MR) is 113 cm³/mol. The molecule has 1 unspecified atom stereocenters. The van der Waals surface area contributed by atoms with Crippen molar-refractivity contribution in [1.82, 2.24) is 9.36 Å². The summed E-state index contributed by atoms with van der Waals surface area (Å²) in [5.74, 6) is -0.257. The number of carbonyl (C=O) groups excluding carboxylic acids is 1. The second-order valence-corrected chi connectivity index (χ2v) is 7.04. The maximum atomic E-state index is 12.9. The highest BCUT2D eigenvalue weighted by Crippen LogP contribution is 2.19. The number of aryl methyl sites for hydroxylation is 1. The van der Waals surface area contributed by atoms with Crippen molar-refractivity contribution in [3.05, 3.63) is 75.7 Å². The second kappa shape index (κ2) is 7.76. The summed E-state index contributed by atoms with van der Waals surface area (Å²) in [5, 5.41) is 6.04. The van der Waals surface area contributed by atoms with Crippen LogP contribution in [0.5, 0.6) is 0 Å². The van der Waals surface area contributed by atoms with Gasteiger partial charge in [0.2, 0.25) is 5.91 Å². The number of nitrogens with zero attached hydrogens (tertiary/aromatic N) is 2. The second-order valence-electron chi connectivity index (χ2n) is 7.04. The molecule has 2 aromatic carbocycles. The zero-order valence-electron chi connectivity index (χ0n) is 16.9. The van der Waals surface area contributed by atoms with Crippen molar-refractivity contribution >= 4 is 17.3 Å². The molecule has 3 rings (SSSR count). The van der Waals surface area contributed by atoms with Crippen LogP contribution in [-0.2, 0) is 11.8 Å². The third-order valence-electron chi connectivity index (χ3n) is 5.17. The van der Waals surface area contributed by atoms with Gasteiger partial charge in [0.25, 0.3) is 5.56 Å². The number of hydrogen-bond donors (Lipinski definition) is 2. The van der Waals surface area contributed by atoms with E-state index in [9.17, 15) is 9.59 Å². The largest absolute Gasteiger partial charge is 0.374 e. The number of carbonyl (C=O) groups is 1. The molecule has 0 aliphatic rings. The molecule has 28 heavy (non-hydrogen) atoms. The van der Waals surface area contributed by atoms with Gasteiger partial charge < -0.3 is 10.6 Å². The monoisotopic (exact) mass is 378 g/mol. The number of rotatable bonds is 5. The van der Waals surface area contributed by atoms with Crippen LogP contribution >= 0.6 is 0 Å². The fraction of sp³-hybridized carbons (Fsp3) is 0.273. The van der Waals surface area contributed by atoms with Gasteiger partial charge in [-0.1, -0.05) is 30.3 Å². The highest BCUT2D eigenvalue weighted by molar-refractivity contribution is 5.96. The summed E-state index contributed by atoms with van der Waals surface area (Å²) in [6.07, 6.45) is 0. The Balaban J connectivity index is 1.85. The van der Waals surface area contributed by atoms with Crippen molar-refractivity contribution in [3.63, 3.8) is 0 Å². The molecule has 1 heterocycles.